The molecule has 0 bridgehead atoms. The zero-order valence-corrected chi connectivity index (χ0v) is 11.6. The Kier molecular flexibility index (Phi) is 4.23. The van der Waals surface area contributed by atoms with Crippen LogP contribution in [0, 0.1) is 6.92 Å². The lowest BCUT2D eigenvalue weighted by atomic mass is 10.1. The van der Waals surface area contributed by atoms with Gasteiger partial charge in [0.25, 0.3) is 0 Å². The van der Waals surface area contributed by atoms with E-state index in [1.54, 1.807) is 37.5 Å². The zero-order valence-electron chi connectivity index (χ0n) is 11.6. The fraction of sp³-hybridized carbons (Fsp3) is 0.125. The molecule has 1 heterocycles. The molecule has 1 aromatic carbocycles. The highest BCUT2D eigenvalue weighted by Crippen LogP contribution is 2.17. The van der Waals surface area contributed by atoms with Crippen LogP contribution in [0.4, 0.5) is 0 Å². The summed E-state index contributed by atoms with van der Waals surface area (Å²) in [5, 5.41) is 9.68. The van der Waals surface area contributed by atoms with Gasteiger partial charge >= 0.3 is 5.63 Å². The molecule has 0 saturated heterocycles. The van der Waals surface area contributed by atoms with Crippen molar-refractivity contribution in [3.05, 3.63) is 63.7 Å². The summed E-state index contributed by atoms with van der Waals surface area (Å²) in [6.45, 7) is 1.52. The predicted octanol–water partition coefficient (Wildman–Crippen LogP) is 2.56. The summed E-state index contributed by atoms with van der Waals surface area (Å²) in [5.74, 6) is -0.0475. The van der Waals surface area contributed by atoms with Crippen LogP contribution in [0.1, 0.15) is 21.7 Å². The smallest absolute Gasteiger partial charge is 0.351 e. The van der Waals surface area contributed by atoms with Crippen molar-refractivity contribution in [2.75, 3.05) is 7.11 Å². The van der Waals surface area contributed by atoms with Crippen LogP contribution in [0.5, 0.6) is 11.5 Å². The highest BCUT2D eigenvalue weighted by Gasteiger charge is 2.15. The van der Waals surface area contributed by atoms with Gasteiger partial charge in [0, 0.05) is 6.07 Å². The van der Waals surface area contributed by atoms with Crippen molar-refractivity contribution in [2.24, 2.45) is 0 Å². The molecule has 0 aliphatic rings. The summed E-state index contributed by atoms with van der Waals surface area (Å²) in [6, 6.07) is 8.26. The van der Waals surface area contributed by atoms with Crippen molar-refractivity contribution in [1.29, 1.82) is 0 Å². The summed E-state index contributed by atoms with van der Waals surface area (Å²) < 4.78 is 9.83. The molecule has 0 fully saturated rings. The van der Waals surface area contributed by atoms with Crippen LogP contribution in [0.2, 0.25) is 0 Å². The van der Waals surface area contributed by atoms with Crippen LogP contribution in [0.3, 0.4) is 0 Å². The van der Waals surface area contributed by atoms with Gasteiger partial charge in [-0.1, -0.05) is 18.2 Å². The zero-order chi connectivity index (χ0) is 15.4. The van der Waals surface area contributed by atoms with Crippen molar-refractivity contribution < 1.29 is 19.1 Å². The average Bonchev–Trinajstić information content (AvgIpc) is 2.44. The molecule has 5 heteroatoms. The van der Waals surface area contributed by atoms with Gasteiger partial charge in [0.2, 0.25) is 0 Å². The molecule has 108 valence electrons. The van der Waals surface area contributed by atoms with E-state index in [1.807, 2.05) is 0 Å². The standard InChI is InChI=1S/C16H14O5/c1-10-9-14(18)15(16(19)21-10)13(17)8-5-11-3-6-12(20-2)7-4-11/h3-9,18H,1-2H3/b8-5+. The first-order chi connectivity index (χ1) is 10.0. The Labute approximate surface area is 121 Å². The quantitative estimate of drug-likeness (QED) is 0.690. The first-order valence-corrected chi connectivity index (χ1v) is 6.21. The number of ketones is 1. The lowest BCUT2D eigenvalue weighted by molar-refractivity contribution is 0.104. The molecule has 0 aliphatic heterocycles. The van der Waals surface area contributed by atoms with Gasteiger partial charge in [-0.2, -0.15) is 0 Å². The highest BCUT2D eigenvalue weighted by atomic mass is 16.5. The normalized spacial score (nSPS) is 10.8. The van der Waals surface area contributed by atoms with E-state index >= 15 is 0 Å². The lowest BCUT2D eigenvalue weighted by Gasteiger charge is -2.00. The molecule has 0 radical (unpaired) electrons. The Bertz CT molecular complexity index is 738. The molecule has 0 spiro atoms. The van der Waals surface area contributed by atoms with E-state index in [2.05, 4.69) is 0 Å². The van der Waals surface area contributed by atoms with Crippen molar-refractivity contribution in [1.82, 2.24) is 0 Å². The minimum Gasteiger partial charge on any atom is -0.507 e. The molecule has 0 unspecified atom stereocenters. The second-order valence-corrected chi connectivity index (χ2v) is 4.38. The third-order valence-electron chi connectivity index (χ3n) is 2.84. The Morgan fingerprint density at radius 2 is 1.95 bits per heavy atom. The molecule has 5 nitrogen and oxygen atoms in total. The van der Waals surface area contributed by atoms with Gasteiger partial charge in [-0.05, 0) is 30.7 Å². The molecule has 0 amide bonds. The highest BCUT2D eigenvalue weighted by molar-refractivity contribution is 6.08. The predicted molar refractivity (Wildman–Crippen MR) is 77.7 cm³/mol. The molecule has 1 N–H and O–H groups in total. The lowest BCUT2D eigenvalue weighted by Crippen LogP contribution is -2.12. The second-order valence-electron chi connectivity index (χ2n) is 4.38. The van der Waals surface area contributed by atoms with E-state index in [4.69, 9.17) is 9.15 Å². The number of rotatable bonds is 4. The van der Waals surface area contributed by atoms with E-state index < -0.39 is 11.4 Å². The largest absolute Gasteiger partial charge is 0.507 e. The van der Waals surface area contributed by atoms with Gasteiger partial charge < -0.3 is 14.3 Å². The number of carbonyl (C=O) groups is 1. The summed E-state index contributed by atoms with van der Waals surface area (Å²) >= 11 is 0. The number of hydrogen-bond acceptors (Lipinski definition) is 5. The summed E-state index contributed by atoms with van der Waals surface area (Å²) in [6.07, 6.45) is 2.75. The number of methoxy groups -OCH3 is 1. The maximum absolute atomic E-state index is 12.0. The molecule has 0 aliphatic carbocycles. The van der Waals surface area contributed by atoms with Crippen LogP contribution in [-0.2, 0) is 0 Å². The van der Waals surface area contributed by atoms with Crippen LogP contribution in [-0.4, -0.2) is 18.0 Å². The van der Waals surface area contributed by atoms with Crippen molar-refractivity contribution in [3.8, 4) is 11.5 Å². The molecular weight excluding hydrogens is 272 g/mol. The summed E-state index contributed by atoms with van der Waals surface area (Å²) in [4.78, 5) is 23.6. The van der Waals surface area contributed by atoms with Crippen molar-refractivity contribution >= 4 is 11.9 Å². The third-order valence-corrected chi connectivity index (χ3v) is 2.84. The van der Waals surface area contributed by atoms with Gasteiger partial charge in [-0.3, -0.25) is 4.79 Å². The molecule has 0 saturated carbocycles. The van der Waals surface area contributed by atoms with Crippen LogP contribution in [0.15, 0.2) is 45.6 Å². The average molecular weight is 286 g/mol. The molecule has 2 aromatic rings. The maximum Gasteiger partial charge on any atom is 0.351 e. The minimum atomic E-state index is -0.850. The van der Waals surface area contributed by atoms with Crippen LogP contribution in [0.25, 0.3) is 6.08 Å². The summed E-state index contributed by atoms with van der Waals surface area (Å²) in [5.41, 5.74) is -0.456. The number of hydrogen-bond donors (Lipinski definition) is 1. The number of ether oxygens (including phenoxy) is 1. The van der Waals surface area contributed by atoms with Gasteiger partial charge in [0.05, 0.1) is 7.11 Å². The number of aromatic hydroxyl groups is 1. The van der Waals surface area contributed by atoms with E-state index in [9.17, 15) is 14.7 Å². The molecular formula is C16H14O5. The Morgan fingerprint density at radius 3 is 2.52 bits per heavy atom. The Balaban J connectivity index is 2.25. The molecule has 21 heavy (non-hydrogen) atoms. The van der Waals surface area contributed by atoms with E-state index in [1.165, 1.54) is 19.1 Å². The van der Waals surface area contributed by atoms with Gasteiger partial charge in [-0.15, -0.1) is 0 Å². The van der Waals surface area contributed by atoms with E-state index in [0.717, 1.165) is 5.56 Å². The monoisotopic (exact) mass is 286 g/mol. The Hall–Kier alpha value is -2.82. The molecule has 2 rings (SSSR count). The van der Waals surface area contributed by atoms with Crippen LogP contribution >= 0.6 is 0 Å². The number of aryl methyl sites for hydroxylation is 1. The summed E-state index contributed by atoms with van der Waals surface area (Å²) in [7, 11) is 1.56. The topological polar surface area (TPSA) is 76.7 Å². The fourth-order valence-electron chi connectivity index (χ4n) is 1.79. The molecule has 1 aromatic heterocycles. The molecule has 0 atom stereocenters. The van der Waals surface area contributed by atoms with E-state index in [0.29, 0.717) is 5.75 Å². The maximum atomic E-state index is 12.0. The Morgan fingerprint density at radius 1 is 1.29 bits per heavy atom. The van der Waals surface area contributed by atoms with Gasteiger partial charge in [0.15, 0.2) is 5.78 Å². The third kappa shape index (κ3) is 3.39. The van der Waals surface area contributed by atoms with Gasteiger partial charge in [0.1, 0.15) is 22.8 Å². The fourth-order valence-corrected chi connectivity index (χ4v) is 1.79. The van der Waals surface area contributed by atoms with E-state index in [-0.39, 0.29) is 17.1 Å². The van der Waals surface area contributed by atoms with Crippen molar-refractivity contribution in [3.63, 3.8) is 0 Å². The minimum absolute atomic E-state index is 0.244. The number of carbonyl (C=O) groups excluding carboxylic acids is 1. The first kappa shape index (κ1) is 14.6. The first-order valence-electron chi connectivity index (χ1n) is 6.21. The van der Waals surface area contributed by atoms with Gasteiger partial charge in [-0.25, -0.2) is 4.79 Å². The number of benzene rings is 1. The van der Waals surface area contributed by atoms with Crippen molar-refractivity contribution in [2.45, 2.75) is 6.92 Å². The second kappa shape index (κ2) is 6.09. The van der Waals surface area contributed by atoms with Crippen LogP contribution < -0.4 is 10.4 Å². The number of allylic oxidation sites excluding steroid dienone is 1. The SMILES string of the molecule is COc1ccc(/C=C/C(=O)c2c(O)cc(C)oc2=O)cc1.